The zero-order valence-corrected chi connectivity index (χ0v) is 12.9. The van der Waals surface area contributed by atoms with E-state index in [-0.39, 0.29) is 10.6 Å². The van der Waals surface area contributed by atoms with Crippen LogP contribution in [0.25, 0.3) is 0 Å². The average molecular weight is 290 g/mol. The van der Waals surface area contributed by atoms with E-state index in [1.54, 1.807) is 12.1 Å². The maximum absolute atomic E-state index is 10.6. The zero-order chi connectivity index (χ0) is 15.1. The molecule has 4 heteroatoms. The first-order valence-electron chi connectivity index (χ1n) is 8.17. The molecule has 4 nitrogen and oxygen atoms in total. The van der Waals surface area contributed by atoms with Crippen molar-refractivity contribution in [3.8, 4) is 0 Å². The molecule has 2 rings (SSSR count). The summed E-state index contributed by atoms with van der Waals surface area (Å²) in [6.45, 7) is 3.22. The highest BCUT2D eigenvalue weighted by Gasteiger charge is 2.23. The van der Waals surface area contributed by atoms with Gasteiger partial charge in [-0.3, -0.25) is 10.1 Å². The summed E-state index contributed by atoms with van der Waals surface area (Å²) in [7, 11) is 0. The third-order valence-corrected chi connectivity index (χ3v) is 4.56. The van der Waals surface area contributed by atoms with Gasteiger partial charge in [-0.2, -0.15) is 0 Å². The standard InChI is InChI=1S/C17H26N2O2/c1-2-18-17(15-7-3-4-8-15)9-5-6-14-10-12-16(13-11-14)19(20)21/h10-13,15,17-18H,2-9H2,1H3. The smallest absolute Gasteiger partial charge is 0.269 e. The van der Waals surface area contributed by atoms with E-state index in [4.69, 9.17) is 0 Å². The second-order valence-corrected chi connectivity index (χ2v) is 6.02. The number of hydrogen-bond donors (Lipinski definition) is 1. The van der Waals surface area contributed by atoms with Crippen LogP contribution in [0.5, 0.6) is 0 Å². The van der Waals surface area contributed by atoms with Gasteiger partial charge in [0.15, 0.2) is 0 Å². The van der Waals surface area contributed by atoms with Crippen molar-refractivity contribution in [2.45, 2.75) is 57.9 Å². The molecule has 1 unspecified atom stereocenters. The number of nitrogens with one attached hydrogen (secondary N) is 1. The zero-order valence-electron chi connectivity index (χ0n) is 12.9. The second kappa shape index (κ2) is 8.13. The normalized spacial score (nSPS) is 17.0. The Balaban J connectivity index is 1.79. The molecule has 1 aliphatic carbocycles. The lowest BCUT2D eigenvalue weighted by Gasteiger charge is -2.24. The van der Waals surface area contributed by atoms with Gasteiger partial charge in [0, 0.05) is 18.2 Å². The fraction of sp³-hybridized carbons (Fsp3) is 0.647. The van der Waals surface area contributed by atoms with Crippen molar-refractivity contribution in [2.75, 3.05) is 6.54 Å². The van der Waals surface area contributed by atoms with Crippen molar-refractivity contribution in [2.24, 2.45) is 5.92 Å². The number of hydrogen-bond acceptors (Lipinski definition) is 3. The van der Waals surface area contributed by atoms with E-state index in [0.717, 1.165) is 25.3 Å². The number of rotatable bonds is 8. The summed E-state index contributed by atoms with van der Waals surface area (Å²) in [5.41, 5.74) is 1.37. The topological polar surface area (TPSA) is 55.2 Å². The van der Waals surface area contributed by atoms with E-state index in [2.05, 4.69) is 12.2 Å². The Labute approximate surface area is 127 Å². The minimum atomic E-state index is -0.342. The van der Waals surface area contributed by atoms with Crippen LogP contribution >= 0.6 is 0 Å². The first-order chi connectivity index (χ1) is 10.2. The van der Waals surface area contributed by atoms with Gasteiger partial charge >= 0.3 is 0 Å². The molecule has 1 saturated carbocycles. The van der Waals surface area contributed by atoms with Gasteiger partial charge in [-0.05, 0) is 50.1 Å². The summed E-state index contributed by atoms with van der Waals surface area (Å²) in [6, 6.07) is 7.63. The lowest BCUT2D eigenvalue weighted by Crippen LogP contribution is -2.35. The molecule has 1 aliphatic rings. The number of aryl methyl sites for hydroxylation is 1. The number of nitro benzene ring substituents is 1. The molecule has 0 aromatic heterocycles. The highest BCUT2D eigenvalue weighted by Crippen LogP contribution is 2.29. The molecule has 1 aromatic rings. The van der Waals surface area contributed by atoms with Crippen LogP contribution in [0, 0.1) is 16.0 Å². The van der Waals surface area contributed by atoms with Gasteiger partial charge in [-0.15, -0.1) is 0 Å². The highest BCUT2D eigenvalue weighted by molar-refractivity contribution is 5.32. The van der Waals surface area contributed by atoms with Crippen molar-refractivity contribution >= 4 is 5.69 Å². The molecule has 21 heavy (non-hydrogen) atoms. The molecule has 1 atom stereocenters. The van der Waals surface area contributed by atoms with Gasteiger partial charge in [0.2, 0.25) is 0 Å². The summed E-state index contributed by atoms with van der Waals surface area (Å²) in [6.07, 6.45) is 8.86. The van der Waals surface area contributed by atoms with Crippen LogP contribution in [0.1, 0.15) is 51.0 Å². The second-order valence-electron chi connectivity index (χ2n) is 6.02. The Morgan fingerprint density at radius 2 is 1.95 bits per heavy atom. The molecule has 0 spiro atoms. The minimum Gasteiger partial charge on any atom is -0.314 e. The molecule has 0 bridgehead atoms. The third kappa shape index (κ3) is 4.81. The molecule has 0 radical (unpaired) electrons. The summed E-state index contributed by atoms with van der Waals surface area (Å²) < 4.78 is 0. The monoisotopic (exact) mass is 290 g/mol. The number of benzene rings is 1. The molecule has 0 saturated heterocycles. The first kappa shape index (κ1) is 16.0. The maximum atomic E-state index is 10.6. The van der Waals surface area contributed by atoms with Gasteiger partial charge in [-0.1, -0.05) is 31.9 Å². The molecule has 1 aromatic carbocycles. The Hall–Kier alpha value is -1.42. The van der Waals surface area contributed by atoms with Crippen LogP contribution in [0.3, 0.4) is 0 Å². The molecule has 116 valence electrons. The van der Waals surface area contributed by atoms with Crippen LogP contribution in [0.15, 0.2) is 24.3 Å². The summed E-state index contributed by atoms with van der Waals surface area (Å²) in [4.78, 5) is 10.3. The van der Waals surface area contributed by atoms with Crippen molar-refractivity contribution in [3.63, 3.8) is 0 Å². The minimum absolute atomic E-state index is 0.176. The average Bonchev–Trinajstić information content (AvgIpc) is 3.01. The lowest BCUT2D eigenvalue weighted by molar-refractivity contribution is -0.384. The van der Waals surface area contributed by atoms with E-state index >= 15 is 0 Å². The quantitative estimate of drug-likeness (QED) is 0.579. The van der Waals surface area contributed by atoms with E-state index in [1.807, 2.05) is 12.1 Å². The predicted molar refractivity (Wildman–Crippen MR) is 85.5 cm³/mol. The maximum Gasteiger partial charge on any atom is 0.269 e. The molecule has 0 amide bonds. The Bertz CT molecular complexity index is 439. The van der Waals surface area contributed by atoms with Gasteiger partial charge < -0.3 is 5.32 Å². The van der Waals surface area contributed by atoms with Crippen molar-refractivity contribution in [3.05, 3.63) is 39.9 Å². The summed E-state index contributed by atoms with van der Waals surface area (Å²) in [5, 5.41) is 14.3. The molecular formula is C17H26N2O2. The third-order valence-electron chi connectivity index (χ3n) is 4.56. The number of nitro groups is 1. The fourth-order valence-electron chi connectivity index (χ4n) is 3.44. The fourth-order valence-corrected chi connectivity index (χ4v) is 3.44. The van der Waals surface area contributed by atoms with E-state index in [1.165, 1.54) is 37.7 Å². The van der Waals surface area contributed by atoms with Crippen LogP contribution in [0.4, 0.5) is 5.69 Å². The Morgan fingerprint density at radius 1 is 1.29 bits per heavy atom. The van der Waals surface area contributed by atoms with Crippen LogP contribution in [-0.2, 0) is 6.42 Å². The summed E-state index contributed by atoms with van der Waals surface area (Å²) in [5.74, 6) is 0.849. The molecule has 0 aliphatic heterocycles. The van der Waals surface area contributed by atoms with E-state index < -0.39 is 0 Å². The lowest BCUT2D eigenvalue weighted by atomic mass is 9.92. The molecule has 1 fully saturated rings. The van der Waals surface area contributed by atoms with Gasteiger partial charge in [0.1, 0.15) is 0 Å². The van der Waals surface area contributed by atoms with Crippen LogP contribution < -0.4 is 5.32 Å². The van der Waals surface area contributed by atoms with E-state index in [9.17, 15) is 10.1 Å². The molecular weight excluding hydrogens is 264 g/mol. The van der Waals surface area contributed by atoms with Crippen molar-refractivity contribution < 1.29 is 4.92 Å². The highest BCUT2D eigenvalue weighted by atomic mass is 16.6. The summed E-state index contributed by atoms with van der Waals surface area (Å²) >= 11 is 0. The van der Waals surface area contributed by atoms with Gasteiger partial charge in [0.05, 0.1) is 4.92 Å². The SMILES string of the molecule is CCNC(CCCc1ccc([N+](=O)[O-])cc1)C1CCCC1. The van der Waals surface area contributed by atoms with Crippen molar-refractivity contribution in [1.82, 2.24) is 5.32 Å². The predicted octanol–water partition coefficient (Wildman–Crippen LogP) is 4.09. The van der Waals surface area contributed by atoms with Crippen LogP contribution in [-0.4, -0.2) is 17.5 Å². The molecule has 0 heterocycles. The Morgan fingerprint density at radius 3 is 2.52 bits per heavy atom. The van der Waals surface area contributed by atoms with Gasteiger partial charge in [-0.25, -0.2) is 0 Å². The number of nitrogens with zero attached hydrogens (tertiary/aromatic N) is 1. The largest absolute Gasteiger partial charge is 0.314 e. The number of non-ortho nitro benzene ring substituents is 1. The van der Waals surface area contributed by atoms with E-state index in [0.29, 0.717) is 6.04 Å². The molecule has 1 N–H and O–H groups in total. The Kier molecular flexibility index (Phi) is 6.18. The van der Waals surface area contributed by atoms with Gasteiger partial charge in [0.25, 0.3) is 5.69 Å². The van der Waals surface area contributed by atoms with Crippen molar-refractivity contribution in [1.29, 1.82) is 0 Å². The first-order valence-corrected chi connectivity index (χ1v) is 8.17. The van der Waals surface area contributed by atoms with Crippen LogP contribution in [0.2, 0.25) is 0 Å².